The minimum Gasteiger partial charge on any atom is -0.352 e. The number of nitrogens with zero attached hydrogens (tertiary/aromatic N) is 1. The van der Waals surface area contributed by atoms with E-state index >= 15 is 0 Å². The molecule has 0 spiro atoms. The van der Waals surface area contributed by atoms with Crippen LogP contribution in [0.15, 0.2) is 48.5 Å². The highest BCUT2D eigenvalue weighted by atomic mass is 16.1. The summed E-state index contributed by atoms with van der Waals surface area (Å²) in [7, 11) is 0. The number of amides is 1. The summed E-state index contributed by atoms with van der Waals surface area (Å²) in [5.41, 5.74) is 3.74. The van der Waals surface area contributed by atoms with Gasteiger partial charge in [-0.05, 0) is 43.5 Å². The molecular weight excluding hydrogens is 274 g/mol. The standard InChI is InChI=1S/C18H19N3O/c1-13-20-16-10-9-15(12-17(16)21-13)18(22)19-11-5-8-14-6-3-2-4-7-14/h2-4,6-7,9-10,12H,5,8,11H2,1H3,(H,19,22)(H,20,21). The number of benzene rings is 2. The van der Waals surface area contributed by atoms with E-state index in [0.717, 1.165) is 29.7 Å². The van der Waals surface area contributed by atoms with E-state index in [9.17, 15) is 4.79 Å². The molecule has 3 aromatic rings. The van der Waals surface area contributed by atoms with Crippen LogP contribution in [-0.4, -0.2) is 22.4 Å². The summed E-state index contributed by atoms with van der Waals surface area (Å²) in [5.74, 6) is 0.817. The SMILES string of the molecule is Cc1nc2ccc(C(=O)NCCCc3ccccc3)cc2[nH]1. The van der Waals surface area contributed by atoms with Crippen molar-refractivity contribution >= 4 is 16.9 Å². The maximum absolute atomic E-state index is 12.2. The minimum absolute atomic E-state index is 0.0396. The van der Waals surface area contributed by atoms with Gasteiger partial charge in [-0.3, -0.25) is 4.79 Å². The van der Waals surface area contributed by atoms with Crippen LogP contribution in [0.4, 0.5) is 0 Å². The first-order valence-corrected chi connectivity index (χ1v) is 7.51. The molecule has 2 N–H and O–H groups in total. The van der Waals surface area contributed by atoms with E-state index in [2.05, 4.69) is 27.4 Å². The number of hydrogen-bond acceptors (Lipinski definition) is 2. The van der Waals surface area contributed by atoms with Gasteiger partial charge in [0.1, 0.15) is 5.82 Å². The second-order valence-corrected chi connectivity index (χ2v) is 5.40. The van der Waals surface area contributed by atoms with Crippen LogP contribution >= 0.6 is 0 Å². The Kier molecular flexibility index (Phi) is 4.19. The number of aromatic amines is 1. The molecule has 1 aromatic heterocycles. The van der Waals surface area contributed by atoms with Crippen LogP contribution in [0.1, 0.15) is 28.2 Å². The lowest BCUT2D eigenvalue weighted by atomic mass is 10.1. The summed E-state index contributed by atoms with van der Waals surface area (Å²) in [5, 5.41) is 2.97. The number of hydrogen-bond donors (Lipinski definition) is 2. The molecule has 0 saturated carbocycles. The summed E-state index contributed by atoms with van der Waals surface area (Å²) < 4.78 is 0. The van der Waals surface area contributed by atoms with Crippen LogP contribution in [0.2, 0.25) is 0 Å². The van der Waals surface area contributed by atoms with Crippen molar-refractivity contribution in [1.82, 2.24) is 15.3 Å². The van der Waals surface area contributed by atoms with Crippen LogP contribution < -0.4 is 5.32 Å². The lowest BCUT2D eigenvalue weighted by Gasteiger charge is -2.05. The van der Waals surface area contributed by atoms with Gasteiger partial charge >= 0.3 is 0 Å². The van der Waals surface area contributed by atoms with Crippen LogP contribution in [0.5, 0.6) is 0 Å². The third kappa shape index (κ3) is 3.34. The van der Waals surface area contributed by atoms with E-state index in [4.69, 9.17) is 0 Å². The van der Waals surface area contributed by atoms with Gasteiger partial charge in [-0.2, -0.15) is 0 Å². The summed E-state index contributed by atoms with van der Waals surface area (Å²) in [4.78, 5) is 19.6. The van der Waals surface area contributed by atoms with Gasteiger partial charge < -0.3 is 10.3 Å². The highest BCUT2D eigenvalue weighted by molar-refractivity contribution is 5.97. The second-order valence-electron chi connectivity index (χ2n) is 5.40. The third-order valence-electron chi connectivity index (χ3n) is 3.63. The van der Waals surface area contributed by atoms with E-state index in [-0.39, 0.29) is 5.91 Å². The molecule has 0 aliphatic heterocycles. The van der Waals surface area contributed by atoms with E-state index in [1.807, 2.05) is 43.3 Å². The zero-order valence-electron chi connectivity index (χ0n) is 12.6. The van der Waals surface area contributed by atoms with Gasteiger partial charge in [-0.1, -0.05) is 30.3 Å². The Hall–Kier alpha value is -2.62. The molecule has 0 bridgehead atoms. The number of aromatic nitrogens is 2. The van der Waals surface area contributed by atoms with Gasteiger partial charge in [-0.25, -0.2) is 4.98 Å². The normalized spacial score (nSPS) is 10.8. The number of fused-ring (bicyclic) bond motifs is 1. The van der Waals surface area contributed by atoms with Gasteiger partial charge in [0, 0.05) is 12.1 Å². The maximum atomic E-state index is 12.2. The number of carbonyl (C=O) groups is 1. The molecule has 3 rings (SSSR count). The summed E-state index contributed by atoms with van der Waals surface area (Å²) in [6.07, 6.45) is 1.90. The minimum atomic E-state index is -0.0396. The number of rotatable bonds is 5. The molecule has 1 heterocycles. The quantitative estimate of drug-likeness (QED) is 0.710. The zero-order valence-corrected chi connectivity index (χ0v) is 12.6. The van der Waals surface area contributed by atoms with Crippen LogP contribution in [-0.2, 0) is 6.42 Å². The van der Waals surface area contributed by atoms with Crippen LogP contribution in [0.25, 0.3) is 11.0 Å². The van der Waals surface area contributed by atoms with Crippen molar-refractivity contribution in [3.8, 4) is 0 Å². The lowest BCUT2D eigenvalue weighted by Crippen LogP contribution is -2.24. The average Bonchev–Trinajstić information content (AvgIpc) is 2.91. The van der Waals surface area contributed by atoms with Crippen LogP contribution in [0.3, 0.4) is 0 Å². The molecular formula is C18H19N3O. The van der Waals surface area contributed by atoms with E-state index in [1.54, 1.807) is 0 Å². The first kappa shape index (κ1) is 14.3. The Bertz CT molecular complexity index is 777. The number of nitrogens with one attached hydrogen (secondary N) is 2. The zero-order chi connectivity index (χ0) is 15.4. The van der Waals surface area contributed by atoms with Crippen molar-refractivity contribution in [1.29, 1.82) is 0 Å². The monoisotopic (exact) mass is 293 g/mol. The van der Waals surface area contributed by atoms with Gasteiger partial charge in [0.2, 0.25) is 0 Å². The molecule has 0 aliphatic carbocycles. The Labute approximate surface area is 129 Å². The van der Waals surface area contributed by atoms with Gasteiger partial charge in [0.05, 0.1) is 11.0 Å². The van der Waals surface area contributed by atoms with Crippen molar-refractivity contribution < 1.29 is 4.79 Å². The van der Waals surface area contributed by atoms with E-state index in [1.165, 1.54) is 5.56 Å². The molecule has 2 aromatic carbocycles. The smallest absolute Gasteiger partial charge is 0.251 e. The molecule has 4 nitrogen and oxygen atoms in total. The Morgan fingerprint density at radius 2 is 2.00 bits per heavy atom. The Morgan fingerprint density at radius 1 is 1.18 bits per heavy atom. The fourth-order valence-electron chi connectivity index (χ4n) is 2.52. The Morgan fingerprint density at radius 3 is 2.82 bits per heavy atom. The molecule has 0 aliphatic rings. The first-order chi connectivity index (χ1) is 10.7. The molecule has 4 heteroatoms. The fraction of sp³-hybridized carbons (Fsp3) is 0.222. The van der Waals surface area contributed by atoms with Gasteiger partial charge in [0.15, 0.2) is 0 Å². The van der Waals surface area contributed by atoms with Crippen molar-refractivity contribution in [2.24, 2.45) is 0 Å². The molecule has 0 unspecified atom stereocenters. The number of carbonyl (C=O) groups excluding carboxylic acids is 1. The first-order valence-electron chi connectivity index (χ1n) is 7.51. The highest BCUT2D eigenvalue weighted by Crippen LogP contribution is 2.13. The van der Waals surface area contributed by atoms with Crippen molar-refractivity contribution in [3.63, 3.8) is 0 Å². The van der Waals surface area contributed by atoms with Crippen molar-refractivity contribution in [2.75, 3.05) is 6.54 Å². The predicted octanol–water partition coefficient (Wildman–Crippen LogP) is 3.23. The van der Waals surface area contributed by atoms with E-state index < -0.39 is 0 Å². The Balaban J connectivity index is 1.54. The summed E-state index contributed by atoms with van der Waals surface area (Å²) >= 11 is 0. The highest BCUT2D eigenvalue weighted by Gasteiger charge is 2.07. The van der Waals surface area contributed by atoms with Crippen molar-refractivity contribution in [3.05, 3.63) is 65.5 Å². The third-order valence-corrected chi connectivity index (χ3v) is 3.63. The molecule has 0 saturated heterocycles. The lowest BCUT2D eigenvalue weighted by molar-refractivity contribution is 0.0953. The molecule has 0 atom stereocenters. The number of H-pyrrole nitrogens is 1. The second kappa shape index (κ2) is 6.43. The fourth-order valence-corrected chi connectivity index (χ4v) is 2.52. The van der Waals surface area contributed by atoms with Gasteiger partial charge in [-0.15, -0.1) is 0 Å². The maximum Gasteiger partial charge on any atom is 0.251 e. The molecule has 22 heavy (non-hydrogen) atoms. The van der Waals surface area contributed by atoms with Crippen molar-refractivity contribution in [2.45, 2.75) is 19.8 Å². The molecule has 0 fully saturated rings. The van der Waals surface area contributed by atoms with E-state index in [0.29, 0.717) is 12.1 Å². The van der Waals surface area contributed by atoms with Crippen LogP contribution in [0, 0.1) is 6.92 Å². The average molecular weight is 293 g/mol. The molecule has 112 valence electrons. The topological polar surface area (TPSA) is 57.8 Å². The largest absolute Gasteiger partial charge is 0.352 e. The van der Waals surface area contributed by atoms with Gasteiger partial charge in [0.25, 0.3) is 5.91 Å². The summed E-state index contributed by atoms with van der Waals surface area (Å²) in [6.45, 7) is 2.58. The number of aryl methyl sites for hydroxylation is 2. The predicted molar refractivity (Wildman–Crippen MR) is 87.9 cm³/mol. The number of imidazole rings is 1. The molecule has 0 radical (unpaired) electrons. The molecule has 1 amide bonds. The summed E-state index contributed by atoms with van der Waals surface area (Å²) in [6, 6.07) is 15.8.